The van der Waals surface area contributed by atoms with Crippen LogP contribution < -0.4 is 4.74 Å². The van der Waals surface area contributed by atoms with Crippen molar-refractivity contribution in [3.63, 3.8) is 0 Å². The number of nitrogens with zero attached hydrogens (tertiary/aromatic N) is 2. The van der Waals surface area contributed by atoms with Gasteiger partial charge in [-0.1, -0.05) is 6.07 Å². The molecule has 0 saturated heterocycles. The van der Waals surface area contributed by atoms with Gasteiger partial charge >= 0.3 is 5.97 Å². The maximum absolute atomic E-state index is 10.9. The Balaban J connectivity index is 1.78. The van der Waals surface area contributed by atoms with Crippen molar-refractivity contribution >= 4 is 5.97 Å². The summed E-state index contributed by atoms with van der Waals surface area (Å²) in [4.78, 5) is 17.0. The fourth-order valence-corrected chi connectivity index (χ4v) is 1.92. The number of pyridine rings is 1. The molecular weight excluding hydrogens is 268 g/mol. The molecule has 21 heavy (non-hydrogen) atoms. The SMILES string of the molecule is CN(CCOc1cccc(C(=O)O)c1)Cc1ccncc1. The standard InChI is InChI=1S/C16H18N2O3/c1-18(12-13-5-7-17-8-6-13)9-10-21-15-4-2-3-14(11-15)16(19)20/h2-8,11H,9-10,12H2,1H3,(H,19,20). The molecule has 0 radical (unpaired) electrons. The van der Waals surface area contributed by atoms with Crippen molar-refractivity contribution in [2.45, 2.75) is 6.54 Å². The Hall–Kier alpha value is -2.40. The van der Waals surface area contributed by atoms with E-state index in [1.54, 1.807) is 30.6 Å². The molecule has 1 heterocycles. The summed E-state index contributed by atoms with van der Waals surface area (Å²) in [7, 11) is 2.01. The summed E-state index contributed by atoms with van der Waals surface area (Å²) in [5, 5.41) is 8.92. The molecule has 1 aromatic heterocycles. The molecule has 0 aliphatic rings. The third-order valence-electron chi connectivity index (χ3n) is 3.02. The van der Waals surface area contributed by atoms with Gasteiger partial charge in [0.25, 0.3) is 0 Å². The molecule has 0 aliphatic heterocycles. The van der Waals surface area contributed by atoms with Gasteiger partial charge in [-0.25, -0.2) is 4.79 Å². The summed E-state index contributed by atoms with van der Waals surface area (Å²) in [6.07, 6.45) is 3.55. The zero-order valence-electron chi connectivity index (χ0n) is 11.9. The van der Waals surface area contributed by atoms with Crippen LogP contribution in [-0.4, -0.2) is 41.2 Å². The predicted molar refractivity (Wildman–Crippen MR) is 79.5 cm³/mol. The van der Waals surface area contributed by atoms with Crippen molar-refractivity contribution in [2.24, 2.45) is 0 Å². The van der Waals surface area contributed by atoms with Crippen molar-refractivity contribution in [1.29, 1.82) is 0 Å². The fraction of sp³-hybridized carbons (Fsp3) is 0.250. The van der Waals surface area contributed by atoms with E-state index in [0.717, 1.165) is 13.1 Å². The second kappa shape index (κ2) is 7.40. The van der Waals surface area contributed by atoms with Gasteiger partial charge in [0.05, 0.1) is 5.56 Å². The number of carbonyl (C=O) groups is 1. The van der Waals surface area contributed by atoms with E-state index in [4.69, 9.17) is 9.84 Å². The molecule has 2 rings (SSSR count). The van der Waals surface area contributed by atoms with E-state index in [0.29, 0.717) is 12.4 Å². The molecule has 1 aromatic carbocycles. The molecule has 1 N–H and O–H groups in total. The summed E-state index contributed by atoms with van der Waals surface area (Å²) in [5.41, 5.74) is 1.43. The quantitative estimate of drug-likeness (QED) is 0.846. The Morgan fingerprint density at radius 3 is 2.76 bits per heavy atom. The summed E-state index contributed by atoms with van der Waals surface area (Å²) in [6.45, 7) is 2.07. The minimum absolute atomic E-state index is 0.234. The molecule has 5 nitrogen and oxygen atoms in total. The topological polar surface area (TPSA) is 62.7 Å². The van der Waals surface area contributed by atoms with Gasteiger partial charge in [0.15, 0.2) is 0 Å². The lowest BCUT2D eigenvalue weighted by molar-refractivity contribution is 0.0696. The Morgan fingerprint density at radius 1 is 1.29 bits per heavy atom. The first kappa shape index (κ1) is 15.0. The van der Waals surface area contributed by atoms with E-state index >= 15 is 0 Å². The average molecular weight is 286 g/mol. The molecule has 0 amide bonds. The summed E-state index contributed by atoms with van der Waals surface area (Å²) < 4.78 is 5.59. The van der Waals surface area contributed by atoms with Crippen molar-refractivity contribution in [3.05, 3.63) is 59.9 Å². The van der Waals surface area contributed by atoms with Gasteiger partial charge in [-0.05, 0) is 42.9 Å². The van der Waals surface area contributed by atoms with E-state index in [2.05, 4.69) is 9.88 Å². The molecule has 5 heteroatoms. The molecule has 0 spiro atoms. The zero-order chi connectivity index (χ0) is 15.1. The highest BCUT2D eigenvalue weighted by Crippen LogP contribution is 2.13. The second-order valence-electron chi connectivity index (χ2n) is 4.77. The summed E-state index contributed by atoms with van der Waals surface area (Å²) in [5.74, 6) is -0.373. The number of carboxylic acids is 1. The Bertz CT molecular complexity index is 587. The van der Waals surface area contributed by atoms with Crippen LogP contribution in [0.5, 0.6) is 5.75 Å². The monoisotopic (exact) mass is 286 g/mol. The largest absolute Gasteiger partial charge is 0.492 e. The first-order valence-corrected chi connectivity index (χ1v) is 6.69. The number of benzene rings is 1. The number of rotatable bonds is 7. The van der Waals surface area contributed by atoms with Crippen molar-refractivity contribution in [2.75, 3.05) is 20.2 Å². The normalized spacial score (nSPS) is 10.6. The van der Waals surface area contributed by atoms with Gasteiger partial charge < -0.3 is 9.84 Å². The summed E-state index contributed by atoms with van der Waals surface area (Å²) >= 11 is 0. The second-order valence-corrected chi connectivity index (χ2v) is 4.77. The highest BCUT2D eigenvalue weighted by atomic mass is 16.5. The predicted octanol–water partition coefficient (Wildman–Crippen LogP) is 2.29. The number of carboxylic acid groups (broad SMARTS) is 1. The molecule has 0 bridgehead atoms. The smallest absolute Gasteiger partial charge is 0.335 e. The molecule has 0 unspecified atom stereocenters. The van der Waals surface area contributed by atoms with Crippen LogP contribution in [0.1, 0.15) is 15.9 Å². The minimum Gasteiger partial charge on any atom is -0.492 e. The average Bonchev–Trinajstić information content (AvgIpc) is 2.48. The van der Waals surface area contributed by atoms with Gasteiger partial charge in [0.2, 0.25) is 0 Å². The van der Waals surface area contributed by atoms with Gasteiger partial charge in [-0.15, -0.1) is 0 Å². The minimum atomic E-state index is -0.949. The van der Waals surface area contributed by atoms with Crippen molar-refractivity contribution in [3.8, 4) is 5.75 Å². The van der Waals surface area contributed by atoms with Crippen LogP contribution in [0, 0.1) is 0 Å². The molecular formula is C16H18N2O3. The number of ether oxygens (including phenoxy) is 1. The van der Waals surface area contributed by atoms with Crippen LogP contribution in [0.4, 0.5) is 0 Å². The molecule has 0 saturated carbocycles. The fourth-order valence-electron chi connectivity index (χ4n) is 1.92. The van der Waals surface area contributed by atoms with Crippen LogP contribution in [-0.2, 0) is 6.54 Å². The first-order chi connectivity index (χ1) is 10.1. The lowest BCUT2D eigenvalue weighted by Gasteiger charge is -2.17. The van der Waals surface area contributed by atoms with E-state index in [1.165, 1.54) is 11.6 Å². The number of aromatic carboxylic acids is 1. The number of hydrogen-bond acceptors (Lipinski definition) is 4. The van der Waals surface area contributed by atoms with Crippen LogP contribution in [0.3, 0.4) is 0 Å². The maximum Gasteiger partial charge on any atom is 0.335 e. The van der Waals surface area contributed by atoms with Crippen LogP contribution >= 0.6 is 0 Å². The van der Waals surface area contributed by atoms with Gasteiger partial charge in [0.1, 0.15) is 12.4 Å². The van der Waals surface area contributed by atoms with Crippen molar-refractivity contribution < 1.29 is 14.6 Å². The van der Waals surface area contributed by atoms with E-state index < -0.39 is 5.97 Å². The summed E-state index contributed by atoms with van der Waals surface area (Å²) in [6, 6.07) is 10.5. The molecule has 2 aromatic rings. The van der Waals surface area contributed by atoms with E-state index in [1.807, 2.05) is 19.2 Å². The maximum atomic E-state index is 10.9. The third-order valence-corrected chi connectivity index (χ3v) is 3.02. The number of aromatic nitrogens is 1. The lowest BCUT2D eigenvalue weighted by atomic mass is 10.2. The van der Waals surface area contributed by atoms with Gasteiger partial charge in [-0.3, -0.25) is 9.88 Å². The van der Waals surface area contributed by atoms with Crippen LogP contribution in [0.15, 0.2) is 48.8 Å². The number of likely N-dealkylation sites (N-methyl/N-ethyl adjacent to an activating group) is 1. The van der Waals surface area contributed by atoms with Gasteiger partial charge in [0, 0.05) is 25.5 Å². The third kappa shape index (κ3) is 4.89. The molecule has 0 fully saturated rings. The van der Waals surface area contributed by atoms with Crippen LogP contribution in [0.25, 0.3) is 0 Å². The molecule has 0 aliphatic carbocycles. The highest BCUT2D eigenvalue weighted by Gasteiger charge is 2.04. The molecule has 110 valence electrons. The van der Waals surface area contributed by atoms with Gasteiger partial charge in [-0.2, -0.15) is 0 Å². The Labute approximate surface area is 123 Å². The van der Waals surface area contributed by atoms with E-state index in [-0.39, 0.29) is 5.56 Å². The van der Waals surface area contributed by atoms with Crippen molar-refractivity contribution in [1.82, 2.24) is 9.88 Å². The zero-order valence-corrected chi connectivity index (χ0v) is 11.9. The molecule has 0 atom stereocenters. The first-order valence-electron chi connectivity index (χ1n) is 6.69. The Kier molecular flexibility index (Phi) is 5.29. The Morgan fingerprint density at radius 2 is 2.05 bits per heavy atom. The van der Waals surface area contributed by atoms with E-state index in [9.17, 15) is 4.79 Å². The van der Waals surface area contributed by atoms with Crippen LogP contribution in [0.2, 0.25) is 0 Å². The lowest BCUT2D eigenvalue weighted by Crippen LogP contribution is -2.23. The number of hydrogen-bond donors (Lipinski definition) is 1. The highest BCUT2D eigenvalue weighted by molar-refractivity contribution is 5.87.